The van der Waals surface area contributed by atoms with Crippen molar-refractivity contribution in [2.75, 3.05) is 6.54 Å². The Labute approximate surface area is 165 Å². The normalized spacial score (nSPS) is 11.7. The Balaban J connectivity index is 1.78. The molecule has 0 aliphatic carbocycles. The minimum Gasteiger partial charge on any atom is -0.357 e. The van der Waals surface area contributed by atoms with Crippen molar-refractivity contribution in [3.63, 3.8) is 0 Å². The maximum absolute atomic E-state index is 4.75. The lowest BCUT2D eigenvalue weighted by Gasteiger charge is -2.13. The molecule has 0 atom stereocenters. The first kappa shape index (κ1) is 19.6. The first-order chi connectivity index (χ1) is 13.5. The summed E-state index contributed by atoms with van der Waals surface area (Å²) in [7, 11) is 1.96. The van der Waals surface area contributed by atoms with E-state index >= 15 is 0 Å². The van der Waals surface area contributed by atoms with E-state index < -0.39 is 0 Å². The predicted octanol–water partition coefficient (Wildman–Crippen LogP) is 2.18. The Morgan fingerprint density at radius 2 is 1.89 bits per heavy atom. The van der Waals surface area contributed by atoms with Crippen LogP contribution in [0.25, 0.3) is 5.69 Å². The van der Waals surface area contributed by atoms with Crippen LogP contribution in [0.5, 0.6) is 0 Å². The van der Waals surface area contributed by atoms with Crippen LogP contribution < -0.4 is 10.6 Å². The molecule has 0 amide bonds. The van der Waals surface area contributed by atoms with Crippen molar-refractivity contribution >= 4 is 5.96 Å². The molecule has 0 unspecified atom stereocenters. The summed E-state index contributed by atoms with van der Waals surface area (Å²) in [6.07, 6.45) is 0. The third-order valence-electron chi connectivity index (χ3n) is 4.58. The number of rotatable bonds is 6. The number of nitrogens with one attached hydrogen (secondary N) is 2. The monoisotopic (exact) mass is 380 g/mol. The van der Waals surface area contributed by atoms with Gasteiger partial charge in [0, 0.05) is 19.3 Å². The van der Waals surface area contributed by atoms with E-state index in [4.69, 9.17) is 4.99 Å². The summed E-state index contributed by atoms with van der Waals surface area (Å²) in [5.41, 5.74) is 4.28. The molecule has 0 fully saturated rings. The van der Waals surface area contributed by atoms with E-state index in [0.717, 1.165) is 46.8 Å². The van der Waals surface area contributed by atoms with E-state index in [1.54, 1.807) is 0 Å². The topological polar surface area (TPSA) is 84.9 Å². The Bertz CT molecular complexity index is 966. The highest BCUT2D eigenvalue weighted by molar-refractivity contribution is 5.79. The lowest BCUT2D eigenvalue weighted by Crippen LogP contribution is -2.37. The molecule has 2 aromatic heterocycles. The highest BCUT2D eigenvalue weighted by Gasteiger charge is 2.09. The first-order valence-corrected chi connectivity index (χ1v) is 9.48. The SMILES string of the molecule is CCNC(=NCc1ccccc1-n1nc(C)cc1C)NCc1nnc(C)n1C. The van der Waals surface area contributed by atoms with Gasteiger partial charge in [0.1, 0.15) is 5.82 Å². The second-order valence-corrected chi connectivity index (χ2v) is 6.74. The largest absolute Gasteiger partial charge is 0.357 e. The van der Waals surface area contributed by atoms with Gasteiger partial charge in [-0.05, 0) is 45.4 Å². The molecular formula is C20H28N8. The van der Waals surface area contributed by atoms with Crippen LogP contribution in [0, 0.1) is 20.8 Å². The molecule has 148 valence electrons. The van der Waals surface area contributed by atoms with Gasteiger partial charge in [0.05, 0.1) is 24.5 Å². The van der Waals surface area contributed by atoms with E-state index in [-0.39, 0.29) is 0 Å². The van der Waals surface area contributed by atoms with Crippen LogP contribution in [0.4, 0.5) is 0 Å². The van der Waals surface area contributed by atoms with Crippen LogP contribution in [-0.4, -0.2) is 37.0 Å². The fraction of sp³-hybridized carbons (Fsp3) is 0.400. The van der Waals surface area contributed by atoms with Gasteiger partial charge in [0.2, 0.25) is 0 Å². The highest BCUT2D eigenvalue weighted by Crippen LogP contribution is 2.17. The van der Waals surface area contributed by atoms with Crippen molar-refractivity contribution < 1.29 is 0 Å². The Morgan fingerprint density at radius 1 is 1.11 bits per heavy atom. The first-order valence-electron chi connectivity index (χ1n) is 9.48. The highest BCUT2D eigenvalue weighted by atomic mass is 15.3. The molecule has 0 saturated carbocycles. The van der Waals surface area contributed by atoms with Crippen LogP contribution in [-0.2, 0) is 20.1 Å². The van der Waals surface area contributed by atoms with Gasteiger partial charge in [-0.3, -0.25) is 0 Å². The summed E-state index contributed by atoms with van der Waals surface area (Å²) in [4.78, 5) is 4.75. The number of aliphatic imine (C=N–C) groups is 1. The maximum atomic E-state index is 4.75. The van der Waals surface area contributed by atoms with Gasteiger partial charge in [-0.25, -0.2) is 9.67 Å². The molecule has 0 radical (unpaired) electrons. The number of hydrogen-bond acceptors (Lipinski definition) is 4. The number of para-hydroxylation sites is 1. The summed E-state index contributed by atoms with van der Waals surface area (Å²) in [6, 6.07) is 10.3. The summed E-state index contributed by atoms with van der Waals surface area (Å²) < 4.78 is 3.94. The Morgan fingerprint density at radius 3 is 2.54 bits per heavy atom. The van der Waals surface area contributed by atoms with Crippen molar-refractivity contribution in [1.29, 1.82) is 0 Å². The van der Waals surface area contributed by atoms with Crippen molar-refractivity contribution in [2.24, 2.45) is 12.0 Å². The van der Waals surface area contributed by atoms with Gasteiger partial charge < -0.3 is 15.2 Å². The predicted molar refractivity (Wildman–Crippen MR) is 110 cm³/mol. The van der Waals surface area contributed by atoms with Crippen molar-refractivity contribution in [3.8, 4) is 5.69 Å². The molecule has 8 nitrogen and oxygen atoms in total. The van der Waals surface area contributed by atoms with Gasteiger partial charge in [-0.2, -0.15) is 5.10 Å². The number of nitrogens with zero attached hydrogens (tertiary/aromatic N) is 6. The Hall–Kier alpha value is -3.16. The number of guanidine groups is 1. The van der Waals surface area contributed by atoms with E-state index in [1.165, 1.54) is 0 Å². The smallest absolute Gasteiger partial charge is 0.191 e. The minimum atomic E-state index is 0.543. The number of benzene rings is 1. The number of aromatic nitrogens is 5. The average Bonchev–Trinajstić information content (AvgIpc) is 3.19. The standard InChI is InChI=1S/C20H28N8/c1-6-21-20(23-13-19-25-24-16(4)27(19)5)22-12-17-9-7-8-10-18(17)28-15(3)11-14(2)26-28/h7-11H,6,12-13H2,1-5H3,(H2,21,22,23). The molecule has 2 N–H and O–H groups in total. The molecular weight excluding hydrogens is 352 g/mol. The van der Waals surface area contributed by atoms with Crippen LogP contribution in [0.2, 0.25) is 0 Å². The van der Waals surface area contributed by atoms with Gasteiger partial charge in [0.25, 0.3) is 0 Å². The van der Waals surface area contributed by atoms with Crippen LogP contribution in [0.15, 0.2) is 35.3 Å². The minimum absolute atomic E-state index is 0.543. The van der Waals surface area contributed by atoms with Gasteiger partial charge in [-0.15, -0.1) is 10.2 Å². The quantitative estimate of drug-likeness (QED) is 0.506. The molecule has 28 heavy (non-hydrogen) atoms. The van der Waals surface area contributed by atoms with Crippen molar-refractivity contribution in [2.45, 2.75) is 40.8 Å². The van der Waals surface area contributed by atoms with Gasteiger partial charge in [-0.1, -0.05) is 18.2 Å². The molecule has 0 aliphatic heterocycles. The van der Waals surface area contributed by atoms with E-state index in [2.05, 4.69) is 51.1 Å². The fourth-order valence-corrected chi connectivity index (χ4v) is 3.00. The molecule has 0 saturated heterocycles. The molecule has 1 aromatic carbocycles. The molecule has 2 heterocycles. The zero-order valence-corrected chi connectivity index (χ0v) is 17.2. The molecule has 3 aromatic rings. The van der Waals surface area contributed by atoms with Crippen LogP contribution in [0.1, 0.15) is 35.5 Å². The molecule has 0 aliphatic rings. The van der Waals surface area contributed by atoms with Crippen LogP contribution >= 0.6 is 0 Å². The van der Waals surface area contributed by atoms with E-state index in [0.29, 0.717) is 13.1 Å². The van der Waals surface area contributed by atoms with E-state index in [1.807, 2.05) is 49.2 Å². The van der Waals surface area contributed by atoms with Gasteiger partial charge >= 0.3 is 0 Å². The zero-order valence-electron chi connectivity index (χ0n) is 17.2. The lowest BCUT2D eigenvalue weighted by molar-refractivity contribution is 0.718. The van der Waals surface area contributed by atoms with Gasteiger partial charge in [0.15, 0.2) is 11.8 Å². The van der Waals surface area contributed by atoms with E-state index in [9.17, 15) is 0 Å². The summed E-state index contributed by atoms with van der Waals surface area (Å²) in [5.74, 6) is 2.50. The fourth-order valence-electron chi connectivity index (χ4n) is 3.00. The molecule has 0 spiro atoms. The molecule has 3 rings (SSSR count). The van der Waals surface area contributed by atoms with Crippen LogP contribution in [0.3, 0.4) is 0 Å². The lowest BCUT2D eigenvalue weighted by atomic mass is 10.2. The third kappa shape index (κ3) is 4.39. The molecule has 8 heteroatoms. The molecule has 0 bridgehead atoms. The third-order valence-corrected chi connectivity index (χ3v) is 4.58. The Kier molecular flexibility index (Phi) is 6.08. The summed E-state index contributed by atoms with van der Waals surface area (Å²) in [6.45, 7) is 9.94. The maximum Gasteiger partial charge on any atom is 0.191 e. The van der Waals surface area contributed by atoms with Crippen molar-refractivity contribution in [3.05, 3.63) is 58.9 Å². The zero-order chi connectivity index (χ0) is 20.1. The second kappa shape index (κ2) is 8.69. The van der Waals surface area contributed by atoms with Crippen molar-refractivity contribution in [1.82, 2.24) is 35.2 Å². The number of hydrogen-bond donors (Lipinski definition) is 2. The second-order valence-electron chi connectivity index (χ2n) is 6.74. The summed E-state index contributed by atoms with van der Waals surface area (Å²) >= 11 is 0. The summed E-state index contributed by atoms with van der Waals surface area (Å²) in [5, 5.41) is 19.5. The average molecular weight is 381 g/mol. The number of aryl methyl sites for hydroxylation is 3.